The highest BCUT2D eigenvalue weighted by molar-refractivity contribution is 5.50. The van der Waals surface area contributed by atoms with Gasteiger partial charge in [0.2, 0.25) is 0 Å². The highest BCUT2D eigenvalue weighted by Crippen LogP contribution is 2.23. The van der Waals surface area contributed by atoms with Crippen LogP contribution in [0.4, 0.5) is 0 Å². The van der Waals surface area contributed by atoms with Crippen molar-refractivity contribution >= 4 is 0 Å². The second kappa shape index (κ2) is 6.90. The molecule has 0 bridgehead atoms. The van der Waals surface area contributed by atoms with Gasteiger partial charge in [0.1, 0.15) is 0 Å². The zero-order valence-corrected chi connectivity index (χ0v) is 14.9. The maximum Gasteiger partial charge on any atom is 0.0511 e. The molecule has 0 amide bonds. The highest BCUT2D eigenvalue weighted by atomic mass is 15.1. The number of benzene rings is 1. The van der Waals surface area contributed by atoms with Crippen molar-refractivity contribution in [3.63, 3.8) is 0 Å². The summed E-state index contributed by atoms with van der Waals surface area (Å²) in [5.74, 6) is 0. The van der Waals surface area contributed by atoms with E-state index in [0.29, 0.717) is 6.04 Å². The molecule has 1 N–H and O–H groups in total. The lowest BCUT2D eigenvalue weighted by molar-refractivity contribution is 0.233. The molecule has 3 rings (SSSR count). The van der Waals surface area contributed by atoms with Gasteiger partial charge in [0.15, 0.2) is 0 Å². The molecule has 3 nitrogen and oxygen atoms in total. The third-order valence-electron chi connectivity index (χ3n) is 5.00. The van der Waals surface area contributed by atoms with Crippen LogP contribution in [0.2, 0.25) is 0 Å². The molecule has 1 saturated heterocycles. The van der Waals surface area contributed by atoms with E-state index in [1.54, 1.807) is 0 Å². The number of hydrogen-bond donors (Lipinski definition) is 1. The zero-order chi connectivity index (χ0) is 16.4. The van der Waals surface area contributed by atoms with Gasteiger partial charge in [0, 0.05) is 24.5 Å². The first-order valence-electron chi connectivity index (χ1n) is 8.71. The van der Waals surface area contributed by atoms with Gasteiger partial charge in [-0.15, -0.1) is 0 Å². The molecule has 0 aliphatic carbocycles. The molecule has 0 saturated carbocycles. The Labute approximate surface area is 140 Å². The van der Waals surface area contributed by atoms with Crippen molar-refractivity contribution in [3.8, 4) is 5.69 Å². The summed E-state index contributed by atoms with van der Waals surface area (Å²) in [5, 5.41) is 3.76. The summed E-state index contributed by atoms with van der Waals surface area (Å²) in [7, 11) is 2.21. The Morgan fingerprint density at radius 2 is 1.74 bits per heavy atom. The number of nitrogens with one attached hydrogen (secondary N) is 1. The monoisotopic (exact) mass is 311 g/mol. The second-order valence-corrected chi connectivity index (χ2v) is 7.08. The zero-order valence-electron chi connectivity index (χ0n) is 14.9. The van der Waals surface area contributed by atoms with Crippen molar-refractivity contribution in [2.75, 3.05) is 20.1 Å². The van der Waals surface area contributed by atoms with Gasteiger partial charge in [-0.3, -0.25) is 0 Å². The minimum atomic E-state index is 0.648. The number of likely N-dealkylation sites (tertiary alicyclic amines) is 1. The lowest BCUT2D eigenvalue weighted by Crippen LogP contribution is -2.40. The Kier molecular flexibility index (Phi) is 4.88. The van der Waals surface area contributed by atoms with Crippen LogP contribution in [0.15, 0.2) is 30.5 Å². The van der Waals surface area contributed by atoms with E-state index < -0.39 is 0 Å². The number of aryl methyl sites for hydroxylation is 3. The van der Waals surface area contributed by atoms with Crippen molar-refractivity contribution < 1.29 is 0 Å². The van der Waals surface area contributed by atoms with Gasteiger partial charge in [0.25, 0.3) is 0 Å². The molecule has 0 unspecified atom stereocenters. The third-order valence-corrected chi connectivity index (χ3v) is 5.00. The number of piperidine rings is 1. The quantitative estimate of drug-likeness (QED) is 0.931. The van der Waals surface area contributed by atoms with Gasteiger partial charge in [-0.25, -0.2) is 0 Å². The smallest absolute Gasteiger partial charge is 0.0511 e. The molecule has 3 heteroatoms. The molecule has 1 aliphatic heterocycles. The van der Waals surface area contributed by atoms with Crippen molar-refractivity contribution in [1.29, 1.82) is 0 Å². The lowest BCUT2D eigenvalue weighted by atomic mass is 10.0. The fraction of sp³-hybridized carbons (Fsp3) is 0.500. The first kappa shape index (κ1) is 16.3. The predicted molar refractivity (Wildman–Crippen MR) is 97.3 cm³/mol. The molecule has 2 aromatic rings. The fourth-order valence-electron chi connectivity index (χ4n) is 3.79. The number of hydrogen-bond acceptors (Lipinski definition) is 2. The van der Waals surface area contributed by atoms with Crippen LogP contribution in [-0.2, 0) is 6.54 Å². The van der Waals surface area contributed by atoms with Crippen molar-refractivity contribution in [3.05, 3.63) is 52.8 Å². The van der Waals surface area contributed by atoms with Crippen LogP contribution in [0.25, 0.3) is 5.69 Å². The number of rotatable bonds is 4. The van der Waals surface area contributed by atoms with E-state index in [0.717, 1.165) is 6.54 Å². The van der Waals surface area contributed by atoms with Crippen LogP contribution in [0, 0.1) is 20.8 Å². The standard InChI is InChI=1S/C20H29N3/c1-15-12-16(2)20(17(3)13-15)23-9-5-6-19(23)14-21-18-7-10-22(4)11-8-18/h5-6,9,12-13,18,21H,7-8,10-11,14H2,1-4H3. The summed E-state index contributed by atoms with van der Waals surface area (Å²) in [6.07, 6.45) is 4.69. The molecule has 1 fully saturated rings. The van der Waals surface area contributed by atoms with Crippen molar-refractivity contribution in [1.82, 2.24) is 14.8 Å². The molecule has 1 aliphatic rings. The summed E-state index contributed by atoms with van der Waals surface area (Å²) < 4.78 is 2.35. The summed E-state index contributed by atoms with van der Waals surface area (Å²) in [6.45, 7) is 9.94. The first-order chi connectivity index (χ1) is 11.0. The lowest BCUT2D eigenvalue weighted by Gasteiger charge is -2.29. The van der Waals surface area contributed by atoms with Gasteiger partial charge in [-0.2, -0.15) is 0 Å². The van der Waals surface area contributed by atoms with Gasteiger partial charge >= 0.3 is 0 Å². The van der Waals surface area contributed by atoms with Gasteiger partial charge < -0.3 is 14.8 Å². The molecule has 124 valence electrons. The van der Waals surface area contributed by atoms with E-state index in [1.807, 2.05) is 0 Å². The van der Waals surface area contributed by atoms with Crippen LogP contribution in [-0.4, -0.2) is 35.6 Å². The van der Waals surface area contributed by atoms with E-state index in [2.05, 4.69) is 73.1 Å². The summed E-state index contributed by atoms with van der Waals surface area (Å²) in [6, 6.07) is 9.59. The number of nitrogens with zero attached hydrogens (tertiary/aromatic N) is 2. The maximum atomic E-state index is 3.76. The SMILES string of the molecule is Cc1cc(C)c(-n2cccc2CNC2CCN(C)CC2)c(C)c1. The highest BCUT2D eigenvalue weighted by Gasteiger charge is 2.17. The topological polar surface area (TPSA) is 20.2 Å². The molecule has 1 aromatic carbocycles. The Morgan fingerprint density at radius 1 is 1.09 bits per heavy atom. The van der Waals surface area contributed by atoms with E-state index in [-0.39, 0.29) is 0 Å². The Morgan fingerprint density at radius 3 is 2.39 bits per heavy atom. The Bertz CT molecular complexity index is 640. The molecular formula is C20H29N3. The molecule has 0 radical (unpaired) electrons. The van der Waals surface area contributed by atoms with E-state index in [4.69, 9.17) is 0 Å². The molecule has 0 atom stereocenters. The minimum Gasteiger partial charge on any atom is -0.319 e. The van der Waals surface area contributed by atoms with Crippen LogP contribution < -0.4 is 5.32 Å². The molecule has 2 heterocycles. The van der Waals surface area contributed by atoms with Crippen LogP contribution >= 0.6 is 0 Å². The largest absolute Gasteiger partial charge is 0.319 e. The first-order valence-corrected chi connectivity index (χ1v) is 8.71. The van der Waals surface area contributed by atoms with Crippen LogP contribution in [0.1, 0.15) is 35.2 Å². The maximum absolute atomic E-state index is 3.76. The Hall–Kier alpha value is -1.58. The summed E-state index contributed by atoms with van der Waals surface area (Å²) in [5.41, 5.74) is 6.71. The summed E-state index contributed by atoms with van der Waals surface area (Å²) >= 11 is 0. The van der Waals surface area contributed by atoms with E-state index in [9.17, 15) is 0 Å². The van der Waals surface area contributed by atoms with Crippen LogP contribution in [0.3, 0.4) is 0 Å². The van der Waals surface area contributed by atoms with Gasteiger partial charge in [-0.1, -0.05) is 17.7 Å². The van der Waals surface area contributed by atoms with Gasteiger partial charge in [0.05, 0.1) is 5.69 Å². The average molecular weight is 311 g/mol. The molecule has 0 spiro atoms. The van der Waals surface area contributed by atoms with Crippen molar-refractivity contribution in [2.45, 2.75) is 46.2 Å². The minimum absolute atomic E-state index is 0.648. The predicted octanol–water partition coefficient (Wildman–Crippen LogP) is 3.59. The number of aromatic nitrogens is 1. The van der Waals surface area contributed by atoms with E-state index in [1.165, 1.54) is 54.0 Å². The average Bonchev–Trinajstić information content (AvgIpc) is 2.94. The summed E-state index contributed by atoms with van der Waals surface area (Å²) in [4.78, 5) is 2.42. The second-order valence-electron chi connectivity index (χ2n) is 7.08. The van der Waals surface area contributed by atoms with Gasteiger partial charge in [-0.05, 0) is 77.0 Å². The normalized spacial score (nSPS) is 16.9. The fourth-order valence-corrected chi connectivity index (χ4v) is 3.79. The van der Waals surface area contributed by atoms with Crippen LogP contribution in [0.5, 0.6) is 0 Å². The Balaban J connectivity index is 1.75. The third kappa shape index (κ3) is 3.67. The molecular weight excluding hydrogens is 282 g/mol. The molecule has 23 heavy (non-hydrogen) atoms. The molecule has 1 aromatic heterocycles. The van der Waals surface area contributed by atoms with E-state index >= 15 is 0 Å². The van der Waals surface area contributed by atoms with Crippen molar-refractivity contribution in [2.24, 2.45) is 0 Å².